The molecule has 22 heavy (non-hydrogen) atoms. The Morgan fingerprint density at radius 3 is 2.64 bits per heavy atom. The first kappa shape index (κ1) is 16.8. The smallest absolute Gasteiger partial charge is 0.320 e. The molecule has 2 rings (SSSR count). The van der Waals surface area contributed by atoms with Crippen molar-refractivity contribution < 1.29 is 19.4 Å². The zero-order valence-corrected chi connectivity index (χ0v) is 13.3. The Hall–Kier alpha value is -1.59. The molecule has 122 valence electrons. The number of para-hydroxylation sites is 1. The summed E-state index contributed by atoms with van der Waals surface area (Å²) < 4.78 is 11.3. The fourth-order valence-electron chi connectivity index (χ4n) is 2.97. The van der Waals surface area contributed by atoms with Gasteiger partial charge in [-0.3, -0.25) is 9.69 Å². The van der Waals surface area contributed by atoms with Crippen LogP contribution in [0.4, 0.5) is 0 Å². The van der Waals surface area contributed by atoms with Crippen molar-refractivity contribution in [3.63, 3.8) is 0 Å². The van der Waals surface area contributed by atoms with Gasteiger partial charge in [0.15, 0.2) is 0 Å². The van der Waals surface area contributed by atoms with Gasteiger partial charge in [-0.25, -0.2) is 0 Å². The molecule has 0 bridgehead atoms. The van der Waals surface area contributed by atoms with Gasteiger partial charge in [0.25, 0.3) is 0 Å². The quantitative estimate of drug-likeness (QED) is 0.839. The minimum absolute atomic E-state index is 0.187. The maximum atomic E-state index is 11.2. The summed E-state index contributed by atoms with van der Waals surface area (Å²) in [6.45, 7) is 4.01. The van der Waals surface area contributed by atoms with Crippen molar-refractivity contribution in [1.29, 1.82) is 0 Å². The number of nitrogens with zero attached hydrogens (tertiary/aromatic N) is 1. The molecule has 1 saturated heterocycles. The maximum Gasteiger partial charge on any atom is 0.320 e. The Kier molecular flexibility index (Phi) is 6.21. The minimum Gasteiger partial charge on any atom is -0.496 e. The highest BCUT2D eigenvalue weighted by Gasteiger charge is 2.28. The average Bonchev–Trinajstić information content (AvgIpc) is 2.54. The van der Waals surface area contributed by atoms with Crippen LogP contribution < -0.4 is 4.74 Å². The van der Waals surface area contributed by atoms with Gasteiger partial charge in [-0.2, -0.15) is 0 Å². The van der Waals surface area contributed by atoms with Crippen LogP contribution >= 0.6 is 0 Å². The summed E-state index contributed by atoms with van der Waals surface area (Å²) in [6.07, 6.45) is 2.58. The lowest BCUT2D eigenvalue weighted by molar-refractivity contribution is -0.144. The van der Waals surface area contributed by atoms with E-state index in [1.165, 1.54) is 0 Å². The van der Waals surface area contributed by atoms with Crippen molar-refractivity contribution >= 4 is 5.97 Å². The molecule has 1 aliphatic rings. The topological polar surface area (TPSA) is 59.0 Å². The molecule has 0 aliphatic carbocycles. The third kappa shape index (κ3) is 4.21. The number of benzene rings is 1. The summed E-state index contributed by atoms with van der Waals surface area (Å²) in [5.41, 5.74) is 1.05. The molecular formula is C17H25NO4. The number of carboxylic acids is 1. The second kappa shape index (κ2) is 8.15. The molecule has 0 amide bonds. The zero-order chi connectivity index (χ0) is 15.9. The molecule has 0 radical (unpaired) electrons. The average molecular weight is 307 g/mol. The van der Waals surface area contributed by atoms with E-state index in [0.29, 0.717) is 13.0 Å². The summed E-state index contributed by atoms with van der Waals surface area (Å²) in [5.74, 6) is 0.118. The first-order chi connectivity index (χ1) is 10.7. The SMILES string of the molecule is CCC(C(=O)O)N1CCC(OCc2ccccc2OC)CC1. The van der Waals surface area contributed by atoms with E-state index in [1.807, 2.05) is 36.1 Å². The Labute approximate surface area is 131 Å². The number of piperidine rings is 1. The number of methoxy groups -OCH3 is 1. The highest BCUT2D eigenvalue weighted by molar-refractivity contribution is 5.73. The first-order valence-corrected chi connectivity index (χ1v) is 7.86. The Morgan fingerprint density at radius 2 is 2.05 bits per heavy atom. The number of hydrogen-bond donors (Lipinski definition) is 1. The Morgan fingerprint density at radius 1 is 1.36 bits per heavy atom. The van der Waals surface area contributed by atoms with Gasteiger partial charge in [0.2, 0.25) is 0 Å². The lowest BCUT2D eigenvalue weighted by Gasteiger charge is -2.35. The summed E-state index contributed by atoms with van der Waals surface area (Å²) >= 11 is 0. The fourth-order valence-corrected chi connectivity index (χ4v) is 2.97. The third-order valence-corrected chi connectivity index (χ3v) is 4.26. The van der Waals surface area contributed by atoms with Crippen LogP contribution in [0.2, 0.25) is 0 Å². The number of hydrogen-bond acceptors (Lipinski definition) is 4. The van der Waals surface area contributed by atoms with E-state index in [2.05, 4.69) is 0 Å². The van der Waals surface area contributed by atoms with E-state index < -0.39 is 5.97 Å². The Bertz CT molecular complexity index is 483. The van der Waals surface area contributed by atoms with Crippen molar-refractivity contribution in [1.82, 2.24) is 4.90 Å². The molecule has 5 heteroatoms. The zero-order valence-electron chi connectivity index (χ0n) is 13.3. The van der Waals surface area contributed by atoms with Crippen LogP contribution in [0.1, 0.15) is 31.7 Å². The largest absolute Gasteiger partial charge is 0.496 e. The molecule has 1 N–H and O–H groups in total. The molecule has 1 heterocycles. The molecule has 1 aromatic carbocycles. The van der Waals surface area contributed by atoms with E-state index in [4.69, 9.17) is 9.47 Å². The second-order valence-corrected chi connectivity index (χ2v) is 5.62. The van der Waals surface area contributed by atoms with Crippen LogP contribution in [0.25, 0.3) is 0 Å². The van der Waals surface area contributed by atoms with Crippen molar-refractivity contribution in [3.8, 4) is 5.75 Å². The lowest BCUT2D eigenvalue weighted by Crippen LogP contribution is -2.46. The minimum atomic E-state index is -0.726. The van der Waals surface area contributed by atoms with Crippen molar-refractivity contribution in [2.45, 2.75) is 44.9 Å². The summed E-state index contributed by atoms with van der Waals surface area (Å²) in [4.78, 5) is 13.3. The van der Waals surface area contributed by atoms with Crippen LogP contribution in [0.3, 0.4) is 0 Å². The van der Waals surface area contributed by atoms with Gasteiger partial charge in [0.1, 0.15) is 11.8 Å². The van der Waals surface area contributed by atoms with Crippen molar-refractivity contribution in [2.24, 2.45) is 0 Å². The molecule has 1 aliphatic heterocycles. The van der Waals surface area contributed by atoms with E-state index in [0.717, 1.165) is 37.2 Å². The van der Waals surface area contributed by atoms with Gasteiger partial charge in [0.05, 0.1) is 19.8 Å². The molecule has 0 spiro atoms. The molecule has 1 aromatic rings. The third-order valence-electron chi connectivity index (χ3n) is 4.26. The van der Waals surface area contributed by atoms with E-state index >= 15 is 0 Å². The molecule has 0 aromatic heterocycles. The van der Waals surface area contributed by atoms with E-state index in [9.17, 15) is 9.90 Å². The van der Waals surface area contributed by atoms with Crippen molar-refractivity contribution in [3.05, 3.63) is 29.8 Å². The predicted octanol–water partition coefficient (Wildman–Crippen LogP) is 2.54. The van der Waals surface area contributed by atoms with Crippen LogP contribution in [0.15, 0.2) is 24.3 Å². The number of likely N-dealkylation sites (tertiary alicyclic amines) is 1. The molecule has 5 nitrogen and oxygen atoms in total. The Balaban J connectivity index is 1.81. The lowest BCUT2D eigenvalue weighted by atomic mass is 10.0. The first-order valence-electron chi connectivity index (χ1n) is 7.86. The van der Waals surface area contributed by atoms with Crippen LogP contribution in [-0.4, -0.2) is 48.3 Å². The van der Waals surface area contributed by atoms with E-state index in [-0.39, 0.29) is 12.1 Å². The van der Waals surface area contributed by atoms with Crippen LogP contribution in [0.5, 0.6) is 5.75 Å². The number of carboxylic acid groups (broad SMARTS) is 1. The van der Waals surface area contributed by atoms with Gasteiger partial charge >= 0.3 is 5.97 Å². The monoisotopic (exact) mass is 307 g/mol. The van der Waals surface area contributed by atoms with Crippen molar-refractivity contribution in [2.75, 3.05) is 20.2 Å². The molecule has 0 saturated carbocycles. The summed E-state index contributed by atoms with van der Waals surface area (Å²) in [5, 5.41) is 9.21. The predicted molar refractivity (Wildman–Crippen MR) is 84.1 cm³/mol. The van der Waals surface area contributed by atoms with Gasteiger partial charge in [0, 0.05) is 18.7 Å². The highest BCUT2D eigenvalue weighted by Crippen LogP contribution is 2.22. The second-order valence-electron chi connectivity index (χ2n) is 5.62. The van der Waals surface area contributed by atoms with Gasteiger partial charge in [-0.15, -0.1) is 0 Å². The van der Waals surface area contributed by atoms with Gasteiger partial charge in [-0.1, -0.05) is 25.1 Å². The van der Waals surface area contributed by atoms with Gasteiger partial charge < -0.3 is 14.6 Å². The molecular weight excluding hydrogens is 282 g/mol. The maximum absolute atomic E-state index is 11.2. The highest BCUT2D eigenvalue weighted by atomic mass is 16.5. The fraction of sp³-hybridized carbons (Fsp3) is 0.588. The number of rotatable bonds is 7. The number of ether oxygens (including phenoxy) is 2. The number of aliphatic carboxylic acids is 1. The van der Waals surface area contributed by atoms with Crippen LogP contribution in [-0.2, 0) is 16.1 Å². The molecule has 1 unspecified atom stereocenters. The number of carbonyl (C=O) groups is 1. The summed E-state index contributed by atoms with van der Waals surface area (Å²) in [6, 6.07) is 7.49. The standard InChI is InChI=1S/C17H25NO4/c1-3-15(17(19)20)18-10-8-14(9-11-18)22-12-13-6-4-5-7-16(13)21-2/h4-7,14-15H,3,8-12H2,1-2H3,(H,19,20). The molecule has 1 atom stereocenters. The van der Waals surface area contributed by atoms with Crippen LogP contribution in [0, 0.1) is 0 Å². The van der Waals surface area contributed by atoms with Gasteiger partial charge in [-0.05, 0) is 25.3 Å². The van der Waals surface area contributed by atoms with E-state index in [1.54, 1.807) is 7.11 Å². The molecule has 1 fully saturated rings. The summed E-state index contributed by atoms with van der Waals surface area (Å²) in [7, 11) is 1.66. The normalized spacial score (nSPS) is 18.1.